The number of imidazole rings is 1. The fourth-order valence-corrected chi connectivity index (χ4v) is 2.81. The Labute approximate surface area is 120 Å². The predicted octanol–water partition coefficient (Wildman–Crippen LogP) is 3.96. The van der Waals surface area contributed by atoms with Gasteiger partial charge in [0, 0.05) is 11.8 Å². The monoisotopic (exact) mass is 315 g/mol. The van der Waals surface area contributed by atoms with Crippen LogP contribution in [0.3, 0.4) is 0 Å². The van der Waals surface area contributed by atoms with Crippen LogP contribution in [0.4, 0.5) is 5.82 Å². The van der Waals surface area contributed by atoms with Crippen molar-refractivity contribution in [3.8, 4) is 11.3 Å². The van der Waals surface area contributed by atoms with Crippen molar-refractivity contribution in [2.24, 2.45) is 0 Å². The molecule has 1 aromatic carbocycles. The molecule has 2 heterocycles. The van der Waals surface area contributed by atoms with E-state index in [0.717, 1.165) is 21.4 Å². The largest absolute Gasteiger partial charge is 0.383 e. The number of fused-ring (bicyclic) bond motifs is 1. The molecule has 0 amide bonds. The molecule has 0 fully saturated rings. The first-order valence-electron chi connectivity index (χ1n) is 6.07. The van der Waals surface area contributed by atoms with Gasteiger partial charge in [-0.1, -0.05) is 17.2 Å². The van der Waals surface area contributed by atoms with Gasteiger partial charge < -0.3 is 5.73 Å². The molecule has 0 saturated carbocycles. The Bertz CT molecular complexity index is 754. The molecule has 2 aromatic heterocycles. The highest BCUT2D eigenvalue weighted by Crippen LogP contribution is 2.30. The van der Waals surface area contributed by atoms with E-state index in [-0.39, 0.29) is 0 Å². The number of halogens is 1. The number of anilines is 1. The molecule has 0 radical (unpaired) electrons. The first-order valence-corrected chi connectivity index (χ1v) is 6.86. The van der Waals surface area contributed by atoms with Crippen LogP contribution in [0.15, 0.2) is 41.0 Å². The molecule has 0 bridgehead atoms. The summed E-state index contributed by atoms with van der Waals surface area (Å²) in [5.74, 6) is 0.668. The molecule has 3 aromatic rings. The number of hydrogen-bond acceptors (Lipinski definition) is 2. The smallest absolute Gasteiger partial charge is 0.153 e. The third kappa shape index (κ3) is 2.02. The van der Waals surface area contributed by atoms with Crippen LogP contribution in [0, 0.1) is 13.8 Å². The minimum atomic E-state index is 0.668. The molecule has 0 unspecified atom stereocenters. The number of nitrogens with two attached hydrogens (primary N) is 1. The van der Waals surface area contributed by atoms with Crippen molar-refractivity contribution in [3.05, 3.63) is 52.1 Å². The second-order valence-corrected chi connectivity index (χ2v) is 5.63. The van der Waals surface area contributed by atoms with Gasteiger partial charge in [-0.3, -0.25) is 4.40 Å². The Balaban J connectivity index is 2.31. The lowest BCUT2D eigenvalue weighted by Gasteiger charge is -2.03. The summed E-state index contributed by atoms with van der Waals surface area (Å²) in [6.45, 7) is 4.16. The zero-order valence-electron chi connectivity index (χ0n) is 10.8. The Morgan fingerprint density at radius 3 is 2.47 bits per heavy atom. The van der Waals surface area contributed by atoms with Crippen LogP contribution in [-0.4, -0.2) is 9.38 Å². The maximum absolute atomic E-state index is 6.22. The number of hydrogen-bond donors (Lipinski definition) is 1. The molecule has 3 rings (SSSR count). The van der Waals surface area contributed by atoms with Crippen LogP contribution in [0.2, 0.25) is 0 Å². The first-order chi connectivity index (χ1) is 9.06. The van der Waals surface area contributed by atoms with Gasteiger partial charge in [0.15, 0.2) is 5.65 Å². The van der Waals surface area contributed by atoms with Crippen LogP contribution in [0.1, 0.15) is 11.1 Å². The van der Waals surface area contributed by atoms with Crippen molar-refractivity contribution in [1.29, 1.82) is 0 Å². The van der Waals surface area contributed by atoms with Gasteiger partial charge in [0.2, 0.25) is 0 Å². The Morgan fingerprint density at radius 1 is 1.16 bits per heavy atom. The predicted molar refractivity (Wildman–Crippen MR) is 82.2 cm³/mol. The summed E-state index contributed by atoms with van der Waals surface area (Å²) in [4.78, 5) is 4.66. The highest BCUT2D eigenvalue weighted by atomic mass is 79.9. The van der Waals surface area contributed by atoms with Crippen molar-refractivity contribution in [1.82, 2.24) is 9.38 Å². The molecular formula is C15H14BrN3. The third-order valence-electron chi connectivity index (χ3n) is 3.13. The lowest BCUT2D eigenvalue weighted by atomic mass is 10.1. The number of pyridine rings is 1. The van der Waals surface area contributed by atoms with Gasteiger partial charge in [-0.15, -0.1) is 0 Å². The number of aryl methyl sites for hydroxylation is 2. The average molecular weight is 316 g/mol. The SMILES string of the molecule is Cc1cc(C)cc(-c2nc3c(Br)cccn3c2N)c1. The van der Waals surface area contributed by atoms with Crippen LogP contribution >= 0.6 is 15.9 Å². The lowest BCUT2D eigenvalue weighted by molar-refractivity contribution is 1.19. The van der Waals surface area contributed by atoms with E-state index in [1.807, 2.05) is 22.7 Å². The fourth-order valence-electron chi connectivity index (χ4n) is 2.38. The van der Waals surface area contributed by atoms with E-state index in [9.17, 15) is 0 Å². The molecule has 3 nitrogen and oxygen atoms in total. The summed E-state index contributed by atoms with van der Waals surface area (Å²) < 4.78 is 2.84. The Morgan fingerprint density at radius 2 is 1.84 bits per heavy atom. The van der Waals surface area contributed by atoms with E-state index in [1.165, 1.54) is 11.1 Å². The summed E-state index contributed by atoms with van der Waals surface area (Å²) in [6, 6.07) is 10.3. The molecule has 0 aliphatic rings. The van der Waals surface area contributed by atoms with E-state index in [0.29, 0.717) is 5.82 Å². The van der Waals surface area contributed by atoms with Crippen molar-refractivity contribution >= 4 is 27.4 Å². The summed E-state index contributed by atoms with van der Waals surface area (Å²) >= 11 is 3.51. The van der Waals surface area contributed by atoms with Crippen LogP contribution < -0.4 is 5.73 Å². The fraction of sp³-hybridized carbons (Fsp3) is 0.133. The molecule has 19 heavy (non-hydrogen) atoms. The highest BCUT2D eigenvalue weighted by molar-refractivity contribution is 9.10. The number of nitrogen functional groups attached to an aromatic ring is 1. The minimum absolute atomic E-state index is 0.668. The van der Waals surface area contributed by atoms with E-state index in [2.05, 4.69) is 53.0 Å². The second-order valence-electron chi connectivity index (χ2n) is 4.77. The maximum atomic E-state index is 6.22. The van der Waals surface area contributed by atoms with Crippen LogP contribution in [0.25, 0.3) is 16.9 Å². The third-order valence-corrected chi connectivity index (χ3v) is 3.75. The van der Waals surface area contributed by atoms with E-state index < -0.39 is 0 Å². The topological polar surface area (TPSA) is 43.3 Å². The van der Waals surface area contributed by atoms with Crippen LogP contribution in [-0.2, 0) is 0 Å². The zero-order chi connectivity index (χ0) is 13.6. The quantitative estimate of drug-likeness (QED) is 0.738. The summed E-state index contributed by atoms with van der Waals surface area (Å²) in [5, 5.41) is 0. The van der Waals surface area contributed by atoms with E-state index in [1.54, 1.807) is 0 Å². The first kappa shape index (κ1) is 12.2. The lowest BCUT2D eigenvalue weighted by Crippen LogP contribution is -1.94. The molecule has 2 N–H and O–H groups in total. The Kier molecular flexibility index (Phi) is 2.82. The average Bonchev–Trinajstić information content (AvgIpc) is 2.68. The van der Waals surface area contributed by atoms with Crippen molar-refractivity contribution in [3.63, 3.8) is 0 Å². The van der Waals surface area contributed by atoms with E-state index >= 15 is 0 Å². The van der Waals surface area contributed by atoms with Crippen molar-refractivity contribution < 1.29 is 0 Å². The van der Waals surface area contributed by atoms with Gasteiger partial charge in [-0.2, -0.15) is 0 Å². The van der Waals surface area contributed by atoms with E-state index in [4.69, 9.17) is 5.73 Å². The number of nitrogens with zero attached hydrogens (tertiary/aromatic N) is 2. The van der Waals surface area contributed by atoms with Crippen molar-refractivity contribution in [2.75, 3.05) is 5.73 Å². The van der Waals surface area contributed by atoms with Gasteiger partial charge in [0.25, 0.3) is 0 Å². The summed E-state index contributed by atoms with van der Waals surface area (Å²) in [7, 11) is 0. The second kappa shape index (κ2) is 4.38. The molecule has 4 heteroatoms. The molecule has 0 aliphatic heterocycles. The number of rotatable bonds is 1. The van der Waals surface area contributed by atoms with Gasteiger partial charge in [-0.05, 0) is 54.0 Å². The molecular weight excluding hydrogens is 302 g/mol. The molecule has 0 aliphatic carbocycles. The number of aromatic nitrogens is 2. The Hall–Kier alpha value is -1.81. The standard InChI is InChI=1S/C15H14BrN3/c1-9-6-10(2)8-11(7-9)13-14(17)19-5-3-4-12(16)15(19)18-13/h3-8H,17H2,1-2H3. The summed E-state index contributed by atoms with van der Waals surface area (Å²) in [5.41, 5.74) is 11.4. The maximum Gasteiger partial charge on any atom is 0.153 e. The molecule has 0 atom stereocenters. The van der Waals surface area contributed by atoms with Crippen molar-refractivity contribution in [2.45, 2.75) is 13.8 Å². The summed E-state index contributed by atoms with van der Waals surface area (Å²) in [6.07, 6.45) is 1.93. The van der Waals surface area contributed by atoms with Gasteiger partial charge >= 0.3 is 0 Å². The van der Waals surface area contributed by atoms with Gasteiger partial charge in [0.05, 0.1) is 4.47 Å². The molecule has 96 valence electrons. The molecule has 0 spiro atoms. The highest BCUT2D eigenvalue weighted by Gasteiger charge is 2.13. The minimum Gasteiger partial charge on any atom is -0.383 e. The normalized spacial score (nSPS) is 11.1. The number of benzene rings is 1. The van der Waals surface area contributed by atoms with Gasteiger partial charge in [-0.25, -0.2) is 4.98 Å². The molecule has 0 saturated heterocycles. The van der Waals surface area contributed by atoms with Gasteiger partial charge in [0.1, 0.15) is 11.5 Å². The zero-order valence-corrected chi connectivity index (χ0v) is 12.4. The van der Waals surface area contributed by atoms with Crippen LogP contribution in [0.5, 0.6) is 0 Å².